The molecular formula is C29H34N6O2. The largest absolute Gasteiger partial charge is 0.467 e. The number of ether oxygens (including phenoxy) is 1. The van der Waals surface area contributed by atoms with Gasteiger partial charge in [-0.05, 0) is 30.4 Å². The molecule has 2 aromatic carbocycles. The minimum Gasteiger partial charge on any atom is -0.467 e. The average Bonchev–Trinajstić information content (AvgIpc) is 2.96. The summed E-state index contributed by atoms with van der Waals surface area (Å²) >= 11 is 0. The zero-order valence-corrected chi connectivity index (χ0v) is 21.5. The van der Waals surface area contributed by atoms with Gasteiger partial charge in [0, 0.05) is 43.7 Å². The Morgan fingerprint density at radius 2 is 1.95 bits per heavy atom. The van der Waals surface area contributed by atoms with Crippen molar-refractivity contribution in [2.45, 2.75) is 31.7 Å². The quantitative estimate of drug-likeness (QED) is 0.587. The molecule has 0 saturated carbocycles. The van der Waals surface area contributed by atoms with E-state index in [0.29, 0.717) is 31.9 Å². The van der Waals surface area contributed by atoms with Crippen molar-refractivity contribution >= 4 is 34.2 Å². The molecule has 2 aliphatic heterocycles. The van der Waals surface area contributed by atoms with Crippen LogP contribution in [0.15, 0.2) is 77.4 Å². The van der Waals surface area contributed by atoms with Crippen molar-refractivity contribution in [2.24, 2.45) is 9.98 Å². The van der Waals surface area contributed by atoms with Crippen LogP contribution < -0.4 is 4.90 Å². The van der Waals surface area contributed by atoms with Gasteiger partial charge in [0.2, 0.25) is 5.91 Å². The van der Waals surface area contributed by atoms with Gasteiger partial charge < -0.3 is 19.4 Å². The smallest absolute Gasteiger partial charge is 0.318 e. The maximum atomic E-state index is 12.3. The molecule has 1 amide bonds. The number of fused-ring (bicyclic) bond motifs is 1. The maximum Gasteiger partial charge on any atom is 0.318 e. The summed E-state index contributed by atoms with van der Waals surface area (Å²) in [5.41, 5.74) is 1.83. The Kier molecular flexibility index (Phi) is 8.57. The summed E-state index contributed by atoms with van der Waals surface area (Å²) in [7, 11) is 1.56. The number of benzene rings is 2. The molecule has 0 aromatic heterocycles. The minimum atomic E-state index is -0.218. The molecule has 1 fully saturated rings. The monoisotopic (exact) mass is 498 g/mol. The number of piperazine rings is 1. The van der Waals surface area contributed by atoms with Crippen LogP contribution in [0.3, 0.4) is 0 Å². The van der Waals surface area contributed by atoms with Gasteiger partial charge in [0.15, 0.2) is 0 Å². The number of hydrogen-bond acceptors (Lipinski definition) is 7. The van der Waals surface area contributed by atoms with E-state index in [9.17, 15) is 10.1 Å². The molecular weight excluding hydrogens is 464 g/mol. The van der Waals surface area contributed by atoms with Gasteiger partial charge >= 0.3 is 6.02 Å². The first-order valence-electron chi connectivity index (χ1n) is 12.7. The van der Waals surface area contributed by atoms with Crippen molar-refractivity contribution in [2.75, 3.05) is 44.7 Å². The highest BCUT2D eigenvalue weighted by Gasteiger charge is 2.31. The Morgan fingerprint density at radius 3 is 2.73 bits per heavy atom. The second-order valence-electron chi connectivity index (χ2n) is 9.27. The number of methoxy groups -OCH3 is 1. The average molecular weight is 499 g/mol. The van der Waals surface area contributed by atoms with Crippen LogP contribution in [0.2, 0.25) is 0 Å². The van der Waals surface area contributed by atoms with Crippen LogP contribution in [0, 0.1) is 11.3 Å². The summed E-state index contributed by atoms with van der Waals surface area (Å²) in [5.74, 6) is 0.717. The number of hydrogen-bond donors (Lipinski definition) is 0. The third-order valence-corrected chi connectivity index (χ3v) is 6.85. The number of carbonyl (C=O) groups excluding carboxylic acids is 1. The van der Waals surface area contributed by atoms with Gasteiger partial charge in [0.25, 0.3) is 0 Å². The molecule has 1 saturated heterocycles. The second-order valence-corrected chi connectivity index (χ2v) is 9.27. The fourth-order valence-electron chi connectivity index (χ4n) is 5.03. The Bertz CT molecular complexity index is 1260. The van der Waals surface area contributed by atoms with E-state index >= 15 is 0 Å². The van der Waals surface area contributed by atoms with Crippen LogP contribution in [0.1, 0.15) is 25.7 Å². The van der Waals surface area contributed by atoms with Crippen LogP contribution in [0.4, 0.5) is 5.69 Å². The number of amides is 1. The normalized spacial score (nSPS) is 19.4. The van der Waals surface area contributed by atoms with Crippen molar-refractivity contribution in [3.8, 4) is 6.07 Å². The molecule has 8 nitrogen and oxygen atoms in total. The van der Waals surface area contributed by atoms with E-state index in [1.807, 2.05) is 0 Å². The molecule has 8 heteroatoms. The topological polar surface area (TPSA) is 84.5 Å². The lowest BCUT2D eigenvalue weighted by Gasteiger charge is -2.41. The van der Waals surface area contributed by atoms with Gasteiger partial charge in [0.05, 0.1) is 37.9 Å². The van der Waals surface area contributed by atoms with Gasteiger partial charge in [-0.15, -0.1) is 0 Å². The van der Waals surface area contributed by atoms with Gasteiger partial charge in [0.1, 0.15) is 5.84 Å². The molecule has 2 aliphatic rings. The lowest BCUT2D eigenvalue weighted by atomic mass is 10.1. The second kappa shape index (κ2) is 12.2. The highest BCUT2D eigenvalue weighted by Crippen LogP contribution is 2.28. The van der Waals surface area contributed by atoms with E-state index in [4.69, 9.17) is 9.73 Å². The fraction of sp³-hybridized carbons (Fsp3) is 0.379. The van der Waals surface area contributed by atoms with Gasteiger partial charge in [-0.1, -0.05) is 49.6 Å². The number of aliphatic imine (C=N–C) groups is 2. The zero-order chi connectivity index (χ0) is 26.2. The maximum absolute atomic E-state index is 12.3. The minimum absolute atomic E-state index is 0.145. The number of nitriles is 1. The predicted molar refractivity (Wildman–Crippen MR) is 149 cm³/mol. The standard InChI is InChI=1S/C29H34N6O2/c1-4-28(36)35-19-18-34(21-24(35)15-16-30)27-14-7-8-17-33(20-22(2)31-29(32-27)37-3)26-13-9-11-23-10-5-6-12-25(23)26/h4-6,9-13,24H,1-2,7-8,14-15,17-21H2,3H3. The Hall–Kier alpha value is -4.12. The first kappa shape index (κ1) is 26.0. The molecule has 0 bridgehead atoms. The van der Waals surface area contributed by atoms with Crippen LogP contribution in [-0.4, -0.2) is 73.4 Å². The highest BCUT2D eigenvalue weighted by molar-refractivity contribution is 5.95. The summed E-state index contributed by atoms with van der Waals surface area (Å²) in [6, 6.07) is 17.0. The van der Waals surface area contributed by atoms with Crippen LogP contribution in [-0.2, 0) is 9.53 Å². The summed E-state index contributed by atoms with van der Waals surface area (Å²) in [6.45, 7) is 10.9. The molecule has 1 unspecified atom stereocenters. The molecule has 0 aliphatic carbocycles. The van der Waals surface area contributed by atoms with E-state index in [2.05, 4.69) is 76.5 Å². The van der Waals surface area contributed by atoms with E-state index in [0.717, 1.165) is 37.3 Å². The summed E-state index contributed by atoms with van der Waals surface area (Å²) in [5, 5.41) is 11.8. The molecule has 1 atom stereocenters. The van der Waals surface area contributed by atoms with E-state index in [-0.39, 0.29) is 24.4 Å². The summed E-state index contributed by atoms with van der Waals surface area (Å²) in [4.78, 5) is 27.9. The predicted octanol–water partition coefficient (Wildman–Crippen LogP) is 4.36. The first-order valence-corrected chi connectivity index (χ1v) is 12.7. The van der Waals surface area contributed by atoms with Gasteiger partial charge in [-0.3, -0.25) is 4.79 Å². The summed E-state index contributed by atoms with van der Waals surface area (Å²) in [6.07, 6.45) is 4.21. The Morgan fingerprint density at radius 1 is 1.14 bits per heavy atom. The number of rotatable bonds is 3. The van der Waals surface area contributed by atoms with Gasteiger partial charge in [-0.25, -0.2) is 0 Å². The van der Waals surface area contributed by atoms with Crippen molar-refractivity contribution in [3.05, 3.63) is 67.4 Å². The third kappa shape index (κ3) is 6.18. The van der Waals surface area contributed by atoms with E-state index < -0.39 is 0 Å². The molecule has 2 heterocycles. The van der Waals surface area contributed by atoms with E-state index in [1.165, 1.54) is 16.8 Å². The van der Waals surface area contributed by atoms with Gasteiger partial charge in [-0.2, -0.15) is 15.2 Å². The molecule has 0 radical (unpaired) electrons. The zero-order valence-electron chi connectivity index (χ0n) is 21.5. The van der Waals surface area contributed by atoms with E-state index in [1.54, 1.807) is 12.0 Å². The van der Waals surface area contributed by atoms with Crippen molar-refractivity contribution in [3.63, 3.8) is 0 Å². The molecule has 37 heavy (non-hydrogen) atoms. The number of anilines is 1. The number of amidine groups is 2. The molecule has 192 valence electrons. The summed E-state index contributed by atoms with van der Waals surface area (Å²) < 4.78 is 5.54. The third-order valence-electron chi connectivity index (χ3n) is 6.85. The van der Waals surface area contributed by atoms with Crippen molar-refractivity contribution in [1.82, 2.24) is 9.80 Å². The first-order chi connectivity index (χ1) is 18.0. The van der Waals surface area contributed by atoms with Crippen LogP contribution in [0.25, 0.3) is 10.8 Å². The molecule has 4 rings (SSSR count). The number of nitrogens with zero attached hydrogens (tertiary/aromatic N) is 6. The van der Waals surface area contributed by atoms with Crippen molar-refractivity contribution in [1.29, 1.82) is 5.26 Å². The number of carbonyl (C=O) groups is 1. The SMILES string of the molecule is C=CC(=O)N1CCN(C2=NC(OC)=NC(=C)CN(c3cccc4ccccc34)CCCC2)CC1CC#N. The highest BCUT2D eigenvalue weighted by atomic mass is 16.5. The van der Waals surface area contributed by atoms with Crippen molar-refractivity contribution < 1.29 is 9.53 Å². The van der Waals surface area contributed by atoms with Crippen LogP contribution >= 0.6 is 0 Å². The Balaban J connectivity index is 1.56. The lowest BCUT2D eigenvalue weighted by Crippen LogP contribution is -2.56. The molecule has 0 N–H and O–H groups in total. The van der Waals surface area contributed by atoms with Crippen LogP contribution in [0.5, 0.6) is 0 Å². The Labute approximate surface area is 218 Å². The molecule has 0 spiro atoms. The molecule has 2 aromatic rings. The lowest BCUT2D eigenvalue weighted by molar-refractivity contribution is -0.130. The fourth-order valence-corrected chi connectivity index (χ4v) is 5.03.